The van der Waals surface area contributed by atoms with E-state index in [1.54, 1.807) is 0 Å². The molecule has 1 amide bonds. The molecule has 27 heavy (non-hydrogen) atoms. The van der Waals surface area contributed by atoms with E-state index in [2.05, 4.69) is 22.1 Å². The molecule has 2 heterocycles. The van der Waals surface area contributed by atoms with Crippen molar-refractivity contribution < 1.29 is 9.59 Å². The topological polar surface area (TPSA) is 62.3 Å². The van der Waals surface area contributed by atoms with E-state index in [1.165, 1.54) is 36.2 Å². The summed E-state index contributed by atoms with van der Waals surface area (Å²) in [5.41, 5.74) is 2.87. The van der Waals surface area contributed by atoms with E-state index in [0.717, 1.165) is 31.7 Å². The van der Waals surface area contributed by atoms with E-state index in [1.807, 2.05) is 29.6 Å². The van der Waals surface area contributed by atoms with Crippen molar-refractivity contribution >= 4 is 28.2 Å². The number of aryl methyl sites for hydroxylation is 1. The molecule has 0 unspecified atom stereocenters. The molecule has 0 spiro atoms. The van der Waals surface area contributed by atoms with E-state index in [0.29, 0.717) is 10.7 Å². The molecule has 0 saturated carbocycles. The number of hydrogen-bond donors (Lipinski definition) is 1. The van der Waals surface area contributed by atoms with Gasteiger partial charge < -0.3 is 5.32 Å². The Balaban J connectivity index is 1.44. The molecule has 1 fully saturated rings. The molecule has 0 atom stereocenters. The van der Waals surface area contributed by atoms with Gasteiger partial charge in [0, 0.05) is 30.3 Å². The molecule has 1 N–H and O–H groups in total. The molecule has 1 aliphatic heterocycles. The minimum absolute atomic E-state index is 0.00210. The van der Waals surface area contributed by atoms with E-state index in [4.69, 9.17) is 0 Å². The molecule has 1 saturated heterocycles. The van der Waals surface area contributed by atoms with Crippen molar-refractivity contribution in [3.8, 4) is 0 Å². The fraction of sp³-hybridized carbons (Fsp3) is 0.476. The molecule has 5 nitrogen and oxygen atoms in total. The average molecular weight is 386 g/mol. The Morgan fingerprint density at radius 3 is 2.56 bits per heavy atom. The van der Waals surface area contributed by atoms with Gasteiger partial charge in [-0.05, 0) is 37.9 Å². The van der Waals surface area contributed by atoms with Crippen LogP contribution in [-0.2, 0) is 17.8 Å². The minimum atomic E-state index is -0.160. The van der Waals surface area contributed by atoms with Gasteiger partial charge in [0.1, 0.15) is 0 Å². The van der Waals surface area contributed by atoms with Crippen LogP contribution >= 0.6 is 11.3 Å². The van der Waals surface area contributed by atoms with E-state index >= 15 is 0 Å². The number of ketones is 1. The second-order valence-electron chi connectivity index (χ2n) is 7.00. The molecular weight excluding hydrogens is 358 g/mol. The minimum Gasteiger partial charge on any atom is -0.302 e. The Hall–Kier alpha value is -2.05. The summed E-state index contributed by atoms with van der Waals surface area (Å²) in [7, 11) is 0. The lowest BCUT2D eigenvalue weighted by Crippen LogP contribution is -2.29. The van der Waals surface area contributed by atoms with Crippen LogP contribution in [0.5, 0.6) is 0 Å². The quantitative estimate of drug-likeness (QED) is 0.689. The molecule has 1 aliphatic rings. The number of nitrogens with zero attached hydrogens (tertiary/aromatic N) is 2. The van der Waals surface area contributed by atoms with Gasteiger partial charge in [0.15, 0.2) is 10.9 Å². The first-order valence-corrected chi connectivity index (χ1v) is 10.6. The first-order valence-electron chi connectivity index (χ1n) is 9.73. The predicted octanol–water partition coefficient (Wildman–Crippen LogP) is 4.29. The first kappa shape index (κ1) is 19.7. The third-order valence-corrected chi connectivity index (χ3v) is 5.70. The fourth-order valence-corrected chi connectivity index (χ4v) is 3.98. The SMILES string of the molecule is CCc1ccc(C(=O)CCC(=O)Nc2nc(CN3CCCCC3)cs2)cc1. The number of anilines is 1. The number of hydrogen-bond acceptors (Lipinski definition) is 5. The third-order valence-electron chi connectivity index (χ3n) is 4.90. The Labute approximate surface area is 164 Å². The molecule has 0 bridgehead atoms. The maximum Gasteiger partial charge on any atom is 0.226 e. The van der Waals surface area contributed by atoms with Gasteiger partial charge >= 0.3 is 0 Å². The number of Topliss-reactive ketones (excluding diaryl/α,β-unsaturated/α-hetero) is 1. The summed E-state index contributed by atoms with van der Waals surface area (Å²) in [4.78, 5) is 31.3. The van der Waals surface area contributed by atoms with Crippen molar-refractivity contribution in [2.24, 2.45) is 0 Å². The lowest BCUT2D eigenvalue weighted by molar-refractivity contribution is -0.116. The van der Waals surface area contributed by atoms with Crippen molar-refractivity contribution in [2.45, 2.75) is 52.0 Å². The van der Waals surface area contributed by atoms with Crippen LogP contribution in [0.3, 0.4) is 0 Å². The van der Waals surface area contributed by atoms with Crippen molar-refractivity contribution in [3.05, 3.63) is 46.5 Å². The van der Waals surface area contributed by atoms with Gasteiger partial charge in [0.25, 0.3) is 0 Å². The standard InChI is InChI=1S/C21H27N3O2S/c1-2-16-6-8-17(9-7-16)19(25)10-11-20(26)23-21-22-18(15-27-21)14-24-12-4-3-5-13-24/h6-9,15H,2-5,10-14H2,1H3,(H,22,23,26). The summed E-state index contributed by atoms with van der Waals surface area (Å²) in [5.74, 6) is -0.162. The van der Waals surface area contributed by atoms with E-state index in [9.17, 15) is 9.59 Å². The zero-order chi connectivity index (χ0) is 19.1. The summed E-state index contributed by atoms with van der Waals surface area (Å²) in [6.45, 7) is 5.18. The molecule has 2 aromatic rings. The highest BCUT2D eigenvalue weighted by molar-refractivity contribution is 7.13. The van der Waals surface area contributed by atoms with Crippen LogP contribution in [0, 0.1) is 0 Å². The first-order chi connectivity index (χ1) is 13.1. The van der Waals surface area contributed by atoms with Crippen LogP contribution in [0.2, 0.25) is 0 Å². The summed E-state index contributed by atoms with van der Waals surface area (Å²) < 4.78 is 0. The number of rotatable bonds is 8. The summed E-state index contributed by atoms with van der Waals surface area (Å²) >= 11 is 1.45. The number of likely N-dealkylation sites (tertiary alicyclic amines) is 1. The molecule has 0 aliphatic carbocycles. The van der Waals surface area contributed by atoms with Crippen molar-refractivity contribution in [1.29, 1.82) is 0 Å². The highest BCUT2D eigenvalue weighted by Gasteiger charge is 2.14. The third kappa shape index (κ3) is 5.97. The Morgan fingerprint density at radius 1 is 1.11 bits per heavy atom. The maximum atomic E-state index is 12.2. The van der Waals surface area contributed by atoms with E-state index < -0.39 is 0 Å². The number of carbonyl (C=O) groups is 2. The van der Waals surface area contributed by atoms with Gasteiger partial charge in [-0.2, -0.15) is 0 Å². The lowest BCUT2D eigenvalue weighted by atomic mass is 10.0. The molecular formula is C21H27N3O2S. The van der Waals surface area contributed by atoms with Crippen molar-refractivity contribution in [3.63, 3.8) is 0 Å². The van der Waals surface area contributed by atoms with Gasteiger partial charge in [-0.15, -0.1) is 11.3 Å². The second kappa shape index (κ2) is 9.76. The Bertz CT molecular complexity index is 764. The molecule has 0 radical (unpaired) electrons. The monoisotopic (exact) mass is 385 g/mol. The predicted molar refractivity (Wildman–Crippen MR) is 109 cm³/mol. The highest BCUT2D eigenvalue weighted by atomic mass is 32.1. The summed E-state index contributed by atoms with van der Waals surface area (Å²) in [5, 5.41) is 5.44. The van der Waals surface area contributed by atoms with Crippen LogP contribution in [0.4, 0.5) is 5.13 Å². The zero-order valence-electron chi connectivity index (χ0n) is 15.9. The van der Waals surface area contributed by atoms with Crippen LogP contribution < -0.4 is 5.32 Å². The van der Waals surface area contributed by atoms with Gasteiger partial charge in [-0.3, -0.25) is 14.5 Å². The molecule has 1 aromatic heterocycles. The summed E-state index contributed by atoms with van der Waals surface area (Å²) in [6.07, 6.45) is 5.16. The van der Waals surface area contributed by atoms with Crippen molar-refractivity contribution in [2.75, 3.05) is 18.4 Å². The number of aromatic nitrogens is 1. The van der Waals surface area contributed by atoms with Gasteiger partial charge in [0.05, 0.1) is 5.69 Å². The zero-order valence-corrected chi connectivity index (χ0v) is 16.7. The van der Waals surface area contributed by atoms with E-state index in [-0.39, 0.29) is 24.5 Å². The number of carbonyl (C=O) groups excluding carboxylic acids is 2. The average Bonchev–Trinajstić information content (AvgIpc) is 3.13. The van der Waals surface area contributed by atoms with Crippen LogP contribution in [-0.4, -0.2) is 34.7 Å². The second-order valence-corrected chi connectivity index (χ2v) is 7.86. The maximum absolute atomic E-state index is 12.2. The van der Waals surface area contributed by atoms with Crippen LogP contribution in [0.25, 0.3) is 0 Å². The summed E-state index contributed by atoms with van der Waals surface area (Å²) in [6, 6.07) is 7.61. The number of piperidine rings is 1. The lowest BCUT2D eigenvalue weighted by Gasteiger charge is -2.25. The van der Waals surface area contributed by atoms with Crippen molar-refractivity contribution in [1.82, 2.24) is 9.88 Å². The molecule has 3 rings (SSSR count). The molecule has 1 aromatic carbocycles. The number of amides is 1. The Morgan fingerprint density at radius 2 is 1.85 bits per heavy atom. The highest BCUT2D eigenvalue weighted by Crippen LogP contribution is 2.19. The Kier molecular flexibility index (Phi) is 7.12. The number of benzene rings is 1. The number of nitrogens with one attached hydrogen (secondary N) is 1. The normalized spacial score (nSPS) is 14.9. The largest absolute Gasteiger partial charge is 0.302 e. The van der Waals surface area contributed by atoms with Gasteiger partial charge in [-0.1, -0.05) is 37.6 Å². The number of thiazole rings is 1. The molecule has 6 heteroatoms. The van der Waals surface area contributed by atoms with Gasteiger partial charge in [0.2, 0.25) is 5.91 Å². The molecule has 144 valence electrons. The fourth-order valence-electron chi connectivity index (χ4n) is 3.26. The van der Waals surface area contributed by atoms with Crippen LogP contribution in [0.15, 0.2) is 29.6 Å². The smallest absolute Gasteiger partial charge is 0.226 e. The van der Waals surface area contributed by atoms with Gasteiger partial charge in [-0.25, -0.2) is 4.98 Å². The van der Waals surface area contributed by atoms with Crippen LogP contribution in [0.1, 0.15) is 60.6 Å².